The summed E-state index contributed by atoms with van der Waals surface area (Å²) in [5, 5.41) is 3.47. The van der Waals surface area contributed by atoms with E-state index in [9.17, 15) is 0 Å². The van der Waals surface area contributed by atoms with Crippen molar-refractivity contribution in [1.82, 2.24) is 5.32 Å². The van der Waals surface area contributed by atoms with E-state index in [1.54, 1.807) is 7.11 Å². The first-order chi connectivity index (χ1) is 10.3. The fourth-order valence-corrected chi connectivity index (χ4v) is 2.66. The minimum absolute atomic E-state index is 0.892. The van der Waals surface area contributed by atoms with Crippen LogP contribution in [0.1, 0.15) is 24.8 Å². The average Bonchev–Trinajstić information content (AvgIpc) is 2.57. The summed E-state index contributed by atoms with van der Waals surface area (Å²) in [7, 11) is 1.69. The molecule has 2 aromatic rings. The van der Waals surface area contributed by atoms with Crippen molar-refractivity contribution in [3.05, 3.63) is 59.8 Å². The van der Waals surface area contributed by atoms with Crippen molar-refractivity contribution in [2.75, 3.05) is 13.7 Å². The third kappa shape index (κ3) is 3.46. The first kappa shape index (κ1) is 13.7. The molecule has 1 saturated heterocycles. The number of ether oxygens (including phenoxy) is 1. The van der Waals surface area contributed by atoms with Crippen molar-refractivity contribution in [3.8, 4) is 16.9 Å². The molecule has 0 aromatic heterocycles. The zero-order valence-corrected chi connectivity index (χ0v) is 12.4. The van der Waals surface area contributed by atoms with Crippen molar-refractivity contribution in [2.24, 2.45) is 0 Å². The molecule has 0 radical (unpaired) electrons. The van der Waals surface area contributed by atoms with Gasteiger partial charge in [-0.1, -0.05) is 36.4 Å². The van der Waals surface area contributed by atoms with Crippen LogP contribution in [0.3, 0.4) is 0 Å². The van der Waals surface area contributed by atoms with Crippen LogP contribution in [-0.4, -0.2) is 13.7 Å². The number of hydrogen-bond donors (Lipinski definition) is 1. The van der Waals surface area contributed by atoms with Gasteiger partial charge in [0.2, 0.25) is 0 Å². The number of methoxy groups -OCH3 is 1. The molecule has 0 amide bonds. The molecule has 1 fully saturated rings. The molecule has 0 bridgehead atoms. The lowest BCUT2D eigenvalue weighted by molar-refractivity contribution is 0.415. The third-order valence-corrected chi connectivity index (χ3v) is 3.90. The van der Waals surface area contributed by atoms with E-state index in [1.807, 2.05) is 12.1 Å². The van der Waals surface area contributed by atoms with Crippen LogP contribution in [0.15, 0.2) is 54.2 Å². The Balaban J connectivity index is 1.76. The zero-order chi connectivity index (χ0) is 14.5. The fraction of sp³-hybridized carbons (Fsp3) is 0.263. The van der Waals surface area contributed by atoms with Crippen molar-refractivity contribution in [3.63, 3.8) is 0 Å². The van der Waals surface area contributed by atoms with Gasteiger partial charge >= 0.3 is 0 Å². The Kier molecular flexibility index (Phi) is 4.25. The second-order valence-corrected chi connectivity index (χ2v) is 5.40. The van der Waals surface area contributed by atoms with Crippen LogP contribution < -0.4 is 10.1 Å². The van der Waals surface area contributed by atoms with Crippen molar-refractivity contribution in [1.29, 1.82) is 0 Å². The number of nitrogens with one attached hydrogen (secondary N) is 1. The second-order valence-electron chi connectivity index (χ2n) is 5.40. The molecule has 1 aliphatic heterocycles. The Morgan fingerprint density at radius 3 is 2.14 bits per heavy atom. The summed E-state index contributed by atoms with van der Waals surface area (Å²) in [6.07, 6.45) is 6.01. The quantitative estimate of drug-likeness (QED) is 0.894. The fourth-order valence-electron chi connectivity index (χ4n) is 2.66. The normalized spacial score (nSPS) is 16.5. The SMILES string of the molecule is COc1ccc(-c2ccc(C=C3CCCCN3)cc2)cc1. The highest BCUT2D eigenvalue weighted by molar-refractivity contribution is 5.66. The van der Waals surface area contributed by atoms with Gasteiger partial charge in [-0.15, -0.1) is 0 Å². The van der Waals surface area contributed by atoms with E-state index in [-0.39, 0.29) is 0 Å². The summed E-state index contributed by atoms with van der Waals surface area (Å²) in [5.74, 6) is 0.892. The Labute approximate surface area is 126 Å². The van der Waals surface area contributed by atoms with Gasteiger partial charge in [-0.2, -0.15) is 0 Å². The molecule has 21 heavy (non-hydrogen) atoms. The third-order valence-electron chi connectivity index (χ3n) is 3.90. The molecule has 0 unspecified atom stereocenters. The predicted molar refractivity (Wildman–Crippen MR) is 88.3 cm³/mol. The second kappa shape index (κ2) is 6.49. The Morgan fingerprint density at radius 1 is 0.905 bits per heavy atom. The first-order valence-electron chi connectivity index (χ1n) is 7.54. The van der Waals surface area contributed by atoms with Crippen LogP contribution in [0.5, 0.6) is 5.75 Å². The first-order valence-corrected chi connectivity index (χ1v) is 7.54. The van der Waals surface area contributed by atoms with E-state index >= 15 is 0 Å². The number of hydrogen-bond acceptors (Lipinski definition) is 2. The minimum Gasteiger partial charge on any atom is -0.497 e. The summed E-state index contributed by atoms with van der Waals surface area (Å²) in [5.41, 5.74) is 5.07. The highest BCUT2D eigenvalue weighted by Crippen LogP contribution is 2.23. The zero-order valence-electron chi connectivity index (χ0n) is 12.4. The molecule has 108 valence electrons. The molecular formula is C19H21NO. The Hall–Kier alpha value is -2.22. The highest BCUT2D eigenvalue weighted by atomic mass is 16.5. The van der Waals surface area contributed by atoms with E-state index in [4.69, 9.17) is 4.74 Å². The van der Waals surface area contributed by atoms with Crippen LogP contribution in [0.4, 0.5) is 0 Å². The molecule has 0 saturated carbocycles. The standard InChI is InChI=1S/C19H21NO/c1-21-19-11-9-17(10-12-19)16-7-5-15(6-8-16)14-18-4-2-3-13-20-18/h5-12,14,20H,2-4,13H2,1H3. The Bertz CT molecular complexity index is 603. The van der Waals surface area contributed by atoms with Crippen molar-refractivity contribution >= 4 is 6.08 Å². The van der Waals surface area contributed by atoms with Gasteiger partial charge in [0.05, 0.1) is 7.11 Å². The highest BCUT2D eigenvalue weighted by Gasteiger charge is 2.04. The molecule has 3 rings (SSSR count). The largest absolute Gasteiger partial charge is 0.497 e. The molecule has 2 aromatic carbocycles. The minimum atomic E-state index is 0.892. The van der Waals surface area contributed by atoms with Gasteiger partial charge in [0, 0.05) is 12.2 Å². The van der Waals surface area contributed by atoms with Gasteiger partial charge in [0.15, 0.2) is 0 Å². The van der Waals surface area contributed by atoms with E-state index in [2.05, 4.69) is 47.8 Å². The summed E-state index contributed by atoms with van der Waals surface area (Å²) >= 11 is 0. The van der Waals surface area contributed by atoms with Crippen LogP contribution in [-0.2, 0) is 0 Å². The maximum absolute atomic E-state index is 5.19. The summed E-state index contributed by atoms with van der Waals surface area (Å²) in [4.78, 5) is 0. The van der Waals surface area contributed by atoms with Gasteiger partial charge in [0.25, 0.3) is 0 Å². The van der Waals surface area contributed by atoms with E-state index in [0.29, 0.717) is 0 Å². The average molecular weight is 279 g/mol. The maximum atomic E-state index is 5.19. The number of piperidine rings is 1. The number of allylic oxidation sites excluding steroid dienone is 1. The van der Waals surface area contributed by atoms with Gasteiger partial charge < -0.3 is 10.1 Å². The molecule has 0 atom stereocenters. The molecule has 2 heteroatoms. The van der Waals surface area contributed by atoms with E-state index in [0.717, 1.165) is 12.3 Å². The van der Waals surface area contributed by atoms with Crippen LogP contribution >= 0.6 is 0 Å². The monoisotopic (exact) mass is 279 g/mol. The molecule has 1 aliphatic rings. The van der Waals surface area contributed by atoms with Gasteiger partial charge in [0.1, 0.15) is 5.75 Å². The molecule has 0 aliphatic carbocycles. The topological polar surface area (TPSA) is 21.3 Å². The van der Waals surface area contributed by atoms with E-state index < -0.39 is 0 Å². The predicted octanol–water partition coefficient (Wildman–Crippen LogP) is 4.48. The van der Waals surface area contributed by atoms with Gasteiger partial charge in [-0.3, -0.25) is 0 Å². The van der Waals surface area contributed by atoms with Gasteiger partial charge in [-0.05, 0) is 54.2 Å². The summed E-state index contributed by atoms with van der Waals surface area (Å²) in [6.45, 7) is 1.11. The van der Waals surface area contributed by atoms with Crippen LogP contribution in [0.25, 0.3) is 17.2 Å². The van der Waals surface area contributed by atoms with E-state index in [1.165, 1.54) is 41.6 Å². The van der Waals surface area contributed by atoms with Crippen molar-refractivity contribution in [2.45, 2.75) is 19.3 Å². The molecule has 1 N–H and O–H groups in total. The number of rotatable bonds is 3. The summed E-state index contributed by atoms with van der Waals surface area (Å²) in [6, 6.07) is 16.9. The lowest BCUT2D eigenvalue weighted by Gasteiger charge is -2.16. The molecular weight excluding hydrogens is 258 g/mol. The van der Waals surface area contributed by atoms with Crippen molar-refractivity contribution < 1.29 is 4.74 Å². The molecule has 2 nitrogen and oxygen atoms in total. The smallest absolute Gasteiger partial charge is 0.118 e. The van der Waals surface area contributed by atoms with Crippen LogP contribution in [0.2, 0.25) is 0 Å². The Morgan fingerprint density at radius 2 is 1.57 bits per heavy atom. The lowest BCUT2D eigenvalue weighted by atomic mass is 10.0. The van der Waals surface area contributed by atoms with Crippen LogP contribution in [0, 0.1) is 0 Å². The number of benzene rings is 2. The lowest BCUT2D eigenvalue weighted by Crippen LogP contribution is -2.19. The maximum Gasteiger partial charge on any atom is 0.118 e. The van der Waals surface area contributed by atoms with Gasteiger partial charge in [-0.25, -0.2) is 0 Å². The molecule has 1 heterocycles. The summed E-state index contributed by atoms with van der Waals surface area (Å²) < 4.78 is 5.19. The molecule has 0 spiro atoms.